The summed E-state index contributed by atoms with van der Waals surface area (Å²) in [5, 5.41) is 17.0. The highest BCUT2D eigenvalue weighted by Crippen LogP contribution is 2.43. The molecule has 2 fully saturated rings. The second-order valence-corrected chi connectivity index (χ2v) is 9.95. The molecule has 1 aliphatic heterocycles. The first-order valence-corrected chi connectivity index (χ1v) is 12.1. The van der Waals surface area contributed by atoms with Gasteiger partial charge >= 0.3 is 0 Å². The summed E-state index contributed by atoms with van der Waals surface area (Å²) in [6.45, 7) is -0.283. The topological polar surface area (TPSA) is 109 Å². The molecule has 3 aliphatic rings. The molecule has 2 aromatic rings. The number of benzene rings is 2. The van der Waals surface area contributed by atoms with Crippen molar-refractivity contribution >= 4 is 29.1 Å². The normalized spacial score (nSPS) is 29.0. The summed E-state index contributed by atoms with van der Waals surface area (Å²) in [7, 11) is 0. The molecule has 5 atom stereocenters. The van der Waals surface area contributed by atoms with Crippen molar-refractivity contribution < 1.29 is 28.7 Å². The predicted molar refractivity (Wildman–Crippen MR) is 126 cm³/mol. The predicted octanol–water partition coefficient (Wildman–Crippen LogP) is 3.25. The van der Waals surface area contributed by atoms with Crippen LogP contribution in [0.1, 0.15) is 43.8 Å². The van der Waals surface area contributed by atoms with Crippen LogP contribution in [0.2, 0.25) is 5.02 Å². The van der Waals surface area contributed by atoms with Crippen molar-refractivity contribution in [3.8, 4) is 5.75 Å². The molecule has 2 aromatic carbocycles. The number of para-hydroxylation sites is 1. The highest BCUT2D eigenvalue weighted by molar-refractivity contribution is 6.30. The Hall–Kier alpha value is -2.88. The molecular formula is C25H27ClFN3O5. The number of amides is 2. The zero-order chi connectivity index (χ0) is 24.6. The third-order valence-electron chi connectivity index (χ3n) is 7.15. The number of aliphatic hydroxyl groups is 1. The van der Waals surface area contributed by atoms with Gasteiger partial charge in [-0.3, -0.25) is 19.9 Å². The van der Waals surface area contributed by atoms with Crippen LogP contribution in [-0.2, 0) is 14.4 Å². The number of aliphatic hydroxyl groups excluding tert-OH is 1. The Morgan fingerprint density at radius 1 is 1.26 bits per heavy atom. The molecule has 5 rings (SSSR count). The second-order valence-electron chi connectivity index (χ2n) is 9.54. The van der Waals surface area contributed by atoms with E-state index in [2.05, 4.69) is 16.1 Å². The SMILES string of the molecule is O=C(COc1ccc(Cl)c(F)c1)NC12CCCC(C1)C(NC(=O)C1ONc3ccccc31)C(O)C2. The van der Waals surface area contributed by atoms with E-state index < -0.39 is 29.6 Å². The minimum absolute atomic E-state index is 0.00707. The van der Waals surface area contributed by atoms with Crippen LogP contribution in [-0.4, -0.2) is 41.2 Å². The van der Waals surface area contributed by atoms with Crippen LogP contribution in [0.25, 0.3) is 0 Å². The molecule has 0 spiro atoms. The van der Waals surface area contributed by atoms with Crippen LogP contribution in [0.15, 0.2) is 42.5 Å². The van der Waals surface area contributed by atoms with Crippen molar-refractivity contribution in [3.63, 3.8) is 0 Å². The Kier molecular flexibility index (Phi) is 6.57. The van der Waals surface area contributed by atoms with Gasteiger partial charge < -0.3 is 20.5 Å². The van der Waals surface area contributed by atoms with E-state index >= 15 is 0 Å². The number of hydrogen-bond donors (Lipinski definition) is 4. The molecule has 35 heavy (non-hydrogen) atoms. The maximum absolute atomic E-state index is 13.6. The summed E-state index contributed by atoms with van der Waals surface area (Å²) in [5.74, 6) is -1.07. The van der Waals surface area contributed by atoms with Crippen molar-refractivity contribution in [1.29, 1.82) is 0 Å². The summed E-state index contributed by atoms with van der Waals surface area (Å²) in [5.41, 5.74) is 3.69. The molecule has 2 bridgehead atoms. The minimum atomic E-state index is -0.825. The van der Waals surface area contributed by atoms with E-state index in [0.29, 0.717) is 12.8 Å². The van der Waals surface area contributed by atoms with Gasteiger partial charge in [-0.2, -0.15) is 0 Å². The third kappa shape index (κ3) is 4.94. The third-order valence-corrected chi connectivity index (χ3v) is 7.45. The number of carbonyl (C=O) groups is 2. The molecule has 0 radical (unpaired) electrons. The first-order chi connectivity index (χ1) is 16.8. The van der Waals surface area contributed by atoms with Crippen molar-refractivity contribution in [3.05, 3.63) is 58.9 Å². The zero-order valence-electron chi connectivity index (χ0n) is 18.9. The molecular weight excluding hydrogens is 477 g/mol. The highest BCUT2D eigenvalue weighted by atomic mass is 35.5. The Bertz CT molecular complexity index is 1130. The zero-order valence-corrected chi connectivity index (χ0v) is 19.7. The Morgan fingerprint density at radius 2 is 2.09 bits per heavy atom. The van der Waals surface area contributed by atoms with Gasteiger partial charge in [-0.05, 0) is 49.8 Å². The molecule has 4 N–H and O–H groups in total. The number of ether oxygens (including phenoxy) is 1. The van der Waals surface area contributed by atoms with Crippen molar-refractivity contribution in [2.24, 2.45) is 5.92 Å². The maximum atomic E-state index is 13.6. The maximum Gasteiger partial charge on any atom is 0.258 e. The van der Waals surface area contributed by atoms with Crippen LogP contribution < -0.4 is 20.9 Å². The largest absolute Gasteiger partial charge is 0.484 e. The average molecular weight is 504 g/mol. The van der Waals surface area contributed by atoms with Gasteiger partial charge in [0.1, 0.15) is 11.6 Å². The van der Waals surface area contributed by atoms with Gasteiger partial charge in [0.15, 0.2) is 12.7 Å². The number of nitrogens with one attached hydrogen (secondary N) is 3. The summed E-state index contributed by atoms with van der Waals surface area (Å²) < 4.78 is 19.0. The summed E-state index contributed by atoms with van der Waals surface area (Å²) in [6, 6.07) is 10.9. The van der Waals surface area contributed by atoms with Crippen LogP contribution >= 0.6 is 11.6 Å². The molecule has 0 aromatic heterocycles. The number of hydrogen-bond acceptors (Lipinski definition) is 6. The Labute approximate surface area is 207 Å². The van der Waals surface area contributed by atoms with E-state index in [4.69, 9.17) is 21.2 Å². The molecule has 8 nitrogen and oxygen atoms in total. The lowest BCUT2D eigenvalue weighted by atomic mass is 9.64. The smallest absolute Gasteiger partial charge is 0.258 e. The van der Waals surface area contributed by atoms with Gasteiger partial charge in [-0.1, -0.05) is 36.2 Å². The summed E-state index contributed by atoms with van der Waals surface area (Å²) in [4.78, 5) is 31.1. The lowest BCUT2D eigenvalue weighted by molar-refractivity contribution is -0.136. The molecule has 186 valence electrons. The van der Waals surface area contributed by atoms with E-state index in [9.17, 15) is 19.1 Å². The monoisotopic (exact) mass is 503 g/mol. The standard InChI is InChI=1S/C25H27ClFN3O5/c26-17-8-7-15(10-18(17)27)34-13-21(32)29-25-9-3-4-14(11-25)22(20(31)12-25)28-24(33)23-16-5-1-2-6-19(16)30-35-23/h1-2,5-8,10,14,20,22-23,30-31H,3-4,9,11-13H2,(H,28,33)(H,29,32). The molecule has 1 heterocycles. The number of rotatable bonds is 6. The average Bonchev–Trinajstić information content (AvgIpc) is 3.27. The second kappa shape index (κ2) is 9.64. The fraction of sp³-hybridized carbons (Fsp3) is 0.440. The number of fused-ring (bicyclic) bond motifs is 3. The Balaban J connectivity index is 1.20. The van der Waals surface area contributed by atoms with Crippen molar-refractivity contribution in [2.75, 3.05) is 12.1 Å². The molecule has 2 saturated carbocycles. The van der Waals surface area contributed by atoms with Crippen molar-refractivity contribution in [2.45, 2.75) is 55.9 Å². The van der Waals surface area contributed by atoms with E-state index in [1.54, 1.807) is 0 Å². The molecule has 2 amide bonds. The first-order valence-electron chi connectivity index (χ1n) is 11.7. The van der Waals surface area contributed by atoms with Crippen molar-refractivity contribution in [1.82, 2.24) is 10.6 Å². The quantitative estimate of drug-likeness (QED) is 0.482. The van der Waals surface area contributed by atoms with Gasteiger partial charge in [0.25, 0.3) is 11.8 Å². The minimum Gasteiger partial charge on any atom is -0.484 e. The summed E-state index contributed by atoms with van der Waals surface area (Å²) >= 11 is 5.68. The molecule has 2 aliphatic carbocycles. The van der Waals surface area contributed by atoms with E-state index in [0.717, 1.165) is 36.6 Å². The fourth-order valence-corrected chi connectivity index (χ4v) is 5.72. The van der Waals surface area contributed by atoms with E-state index in [1.807, 2.05) is 24.3 Å². The number of halogens is 2. The van der Waals surface area contributed by atoms with E-state index in [-0.39, 0.29) is 35.1 Å². The van der Waals surface area contributed by atoms with Gasteiger partial charge in [0.2, 0.25) is 0 Å². The van der Waals surface area contributed by atoms with Crippen LogP contribution in [0.4, 0.5) is 10.1 Å². The van der Waals surface area contributed by atoms with Gasteiger partial charge in [-0.15, -0.1) is 0 Å². The lowest BCUT2D eigenvalue weighted by Gasteiger charge is -2.51. The van der Waals surface area contributed by atoms with Gasteiger partial charge in [0, 0.05) is 17.2 Å². The number of anilines is 1. The fourth-order valence-electron chi connectivity index (χ4n) is 5.61. The summed E-state index contributed by atoms with van der Waals surface area (Å²) in [6.07, 6.45) is 1.76. The Morgan fingerprint density at radius 3 is 2.91 bits per heavy atom. The first kappa shape index (κ1) is 23.8. The molecule has 0 saturated heterocycles. The van der Waals surface area contributed by atoms with Gasteiger partial charge in [-0.25, -0.2) is 4.39 Å². The van der Waals surface area contributed by atoms with Crippen LogP contribution in [0.3, 0.4) is 0 Å². The van der Waals surface area contributed by atoms with Crippen LogP contribution in [0, 0.1) is 11.7 Å². The molecule has 10 heteroatoms. The van der Waals surface area contributed by atoms with Crippen LogP contribution in [0.5, 0.6) is 5.75 Å². The van der Waals surface area contributed by atoms with Gasteiger partial charge in [0.05, 0.1) is 22.9 Å². The lowest BCUT2D eigenvalue weighted by Crippen LogP contribution is -2.64. The number of carbonyl (C=O) groups excluding carboxylic acids is 2. The highest BCUT2D eigenvalue weighted by Gasteiger charge is 2.49. The van der Waals surface area contributed by atoms with E-state index in [1.165, 1.54) is 12.1 Å². The molecule has 5 unspecified atom stereocenters.